The Morgan fingerprint density at radius 1 is 1.00 bits per heavy atom. The molecule has 1 saturated carbocycles. The number of amides is 1. The second-order valence-corrected chi connectivity index (χ2v) is 10.1. The molecule has 164 valence electrons. The smallest absolute Gasteiger partial charge is 0.230 e. The highest BCUT2D eigenvalue weighted by Gasteiger charge is 2.51. The quantitative estimate of drug-likeness (QED) is 0.792. The number of hydrogen-bond acceptors (Lipinski definition) is 5. The lowest BCUT2D eigenvalue weighted by Crippen LogP contribution is -2.50. The fourth-order valence-corrected chi connectivity index (χ4v) is 6.34. The average Bonchev–Trinajstić information content (AvgIpc) is 3.39. The number of likely N-dealkylation sites (tertiary alicyclic amines) is 1. The van der Waals surface area contributed by atoms with Gasteiger partial charge in [0.1, 0.15) is 5.82 Å². The maximum atomic E-state index is 13.5. The lowest BCUT2D eigenvalue weighted by atomic mass is 9.78. The predicted octanol–water partition coefficient (Wildman–Crippen LogP) is 3.46. The van der Waals surface area contributed by atoms with E-state index in [0.29, 0.717) is 23.5 Å². The van der Waals surface area contributed by atoms with Gasteiger partial charge in [-0.2, -0.15) is 0 Å². The third-order valence-corrected chi connectivity index (χ3v) is 8.09. The minimum absolute atomic E-state index is 0.185. The Hall–Kier alpha value is -1.53. The molecule has 3 saturated heterocycles. The molecule has 5 rings (SSSR count). The Labute approximate surface area is 184 Å². The van der Waals surface area contributed by atoms with Crippen LogP contribution in [-0.2, 0) is 4.79 Å². The van der Waals surface area contributed by atoms with Crippen LogP contribution < -0.4 is 9.80 Å². The zero-order valence-electron chi connectivity index (χ0n) is 17.7. The van der Waals surface area contributed by atoms with E-state index < -0.39 is 0 Å². The molecule has 1 atom stereocenters. The number of anilines is 2. The second kappa shape index (κ2) is 8.19. The van der Waals surface area contributed by atoms with Crippen molar-refractivity contribution in [3.8, 4) is 0 Å². The number of nitrogens with zero attached hydrogens (tertiary/aromatic N) is 4. The number of aromatic nitrogens is 1. The van der Waals surface area contributed by atoms with Gasteiger partial charge in [0.25, 0.3) is 0 Å². The van der Waals surface area contributed by atoms with Gasteiger partial charge < -0.3 is 19.8 Å². The molecule has 0 radical (unpaired) electrons. The fraction of sp³-hybridized carbons (Fsp3) is 0.739. The molecule has 1 aliphatic carbocycles. The number of piperidine rings is 1. The molecule has 4 fully saturated rings. The number of carbonyl (C=O) groups is 1. The summed E-state index contributed by atoms with van der Waals surface area (Å²) in [4.78, 5) is 25.0. The molecule has 1 amide bonds. The first-order valence-electron chi connectivity index (χ1n) is 11.7. The predicted molar refractivity (Wildman–Crippen MR) is 119 cm³/mol. The Morgan fingerprint density at radius 2 is 1.73 bits per heavy atom. The first-order valence-corrected chi connectivity index (χ1v) is 12.1. The van der Waals surface area contributed by atoms with Gasteiger partial charge >= 0.3 is 0 Å². The molecular weight excluding hydrogens is 400 g/mol. The summed E-state index contributed by atoms with van der Waals surface area (Å²) in [5.41, 5.74) is 0.808. The molecule has 7 heteroatoms. The van der Waals surface area contributed by atoms with E-state index in [1.807, 2.05) is 12.3 Å². The number of aliphatic hydroxyl groups is 1. The van der Waals surface area contributed by atoms with Gasteiger partial charge in [-0.1, -0.05) is 11.6 Å². The molecule has 6 nitrogen and oxygen atoms in total. The van der Waals surface area contributed by atoms with Gasteiger partial charge in [-0.15, -0.1) is 0 Å². The number of carbonyl (C=O) groups excluding carboxylic acids is 1. The van der Waals surface area contributed by atoms with Crippen molar-refractivity contribution < 1.29 is 9.90 Å². The summed E-state index contributed by atoms with van der Waals surface area (Å²) in [5.74, 6) is 1.14. The van der Waals surface area contributed by atoms with Crippen LogP contribution in [0.2, 0.25) is 5.02 Å². The summed E-state index contributed by atoms with van der Waals surface area (Å²) in [7, 11) is 0. The summed E-state index contributed by atoms with van der Waals surface area (Å²) >= 11 is 6.69. The van der Waals surface area contributed by atoms with Gasteiger partial charge in [0.05, 0.1) is 28.4 Å². The molecular formula is C23H33ClN4O2. The van der Waals surface area contributed by atoms with E-state index in [2.05, 4.69) is 14.7 Å². The van der Waals surface area contributed by atoms with Crippen molar-refractivity contribution in [3.05, 3.63) is 17.3 Å². The van der Waals surface area contributed by atoms with Crippen molar-refractivity contribution in [1.29, 1.82) is 0 Å². The van der Waals surface area contributed by atoms with Gasteiger partial charge in [0.15, 0.2) is 0 Å². The maximum absolute atomic E-state index is 13.5. The van der Waals surface area contributed by atoms with E-state index in [9.17, 15) is 9.90 Å². The number of aliphatic hydroxyl groups excluding tert-OH is 1. The second-order valence-electron chi connectivity index (χ2n) is 9.71. The normalized spacial score (nSPS) is 32.5. The zero-order chi connectivity index (χ0) is 20.7. The molecule has 4 aliphatic rings. The fourth-order valence-electron chi connectivity index (χ4n) is 6.06. The number of hydrogen-bond donors (Lipinski definition) is 1. The van der Waals surface area contributed by atoms with Crippen molar-refractivity contribution in [2.24, 2.45) is 5.41 Å². The number of pyridine rings is 1. The highest BCUT2D eigenvalue weighted by Crippen LogP contribution is 2.44. The molecule has 4 heterocycles. The molecule has 3 aliphatic heterocycles. The van der Waals surface area contributed by atoms with Gasteiger partial charge in [-0.3, -0.25) is 4.79 Å². The highest BCUT2D eigenvalue weighted by atomic mass is 35.5. The zero-order valence-corrected chi connectivity index (χ0v) is 18.5. The average molecular weight is 433 g/mol. The van der Waals surface area contributed by atoms with Crippen LogP contribution >= 0.6 is 11.6 Å². The van der Waals surface area contributed by atoms with Crippen LogP contribution in [0.25, 0.3) is 0 Å². The minimum atomic E-state index is -0.299. The third kappa shape index (κ3) is 3.66. The summed E-state index contributed by atoms with van der Waals surface area (Å²) in [6, 6.07) is 2.35. The Morgan fingerprint density at radius 3 is 2.47 bits per heavy atom. The Kier molecular flexibility index (Phi) is 5.56. The molecule has 0 aromatic carbocycles. The molecule has 1 aromatic heterocycles. The Balaban J connectivity index is 1.30. The monoisotopic (exact) mass is 432 g/mol. The largest absolute Gasteiger partial charge is 0.393 e. The molecule has 30 heavy (non-hydrogen) atoms. The van der Waals surface area contributed by atoms with Crippen LogP contribution in [0.3, 0.4) is 0 Å². The van der Waals surface area contributed by atoms with Gasteiger partial charge in [-0.05, 0) is 63.9 Å². The lowest BCUT2D eigenvalue weighted by molar-refractivity contribution is -0.139. The molecule has 0 unspecified atom stereocenters. The Bertz CT molecular complexity index is 791. The summed E-state index contributed by atoms with van der Waals surface area (Å²) in [6.07, 6.45) is 10.6. The summed E-state index contributed by atoms with van der Waals surface area (Å²) in [5, 5.41) is 10.5. The minimum Gasteiger partial charge on any atom is -0.393 e. The summed E-state index contributed by atoms with van der Waals surface area (Å²) in [6.45, 7) is 4.62. The molecule has 0 bridgehead atoms. The van der Waals surface area contributed by atoms with Crippen LogP contribution in [0.5, 0.6) is 0 Å². The van der Waals surface area contributed by atoms with Crippen LogP contribution in [-0.4, -0.2) is 65.8 Å². The van der Waals surface area contributed by atoms with Crippen molar-refractivity contribution >= 4 is 29.0 Å². The molecule has 1 spiro atoms. The first-order chi connectivity index (χ1) is 14.6. The number of halogens is 1. The highest BCUT2D eigenvalue weighted by molar-refractivity contribution is 6.33. The third-order valence-electron chi connectivity index (χ3n) is 7.81. The van der Waals surface area contributed by atoms with Crippen LogP contribution in [0, 0.1) is 5.41 Å². The number of rotatable bonds is 3. The van der Waals surface area contributed by atoms with Crippen molar-refractivity contribution in [2.45, 2.75) is 69.9 Å². The van der Waals surface area contributed by atoms with E-state index in [1.54, 1.807) is 0 Å². The van der Waals surface area contributed by atoms with Crippen LogP contribution in [0.1, 0.15) is 57.8 Å². The maximum Gasteiger partial charge on any atom is 0.230 e. The SMILES string of the molecule is O=C1N([C@H]2CC[C@H](O)CC2)CC[C@@]12CCCN(c1ncc(N3CCCC3)cc1Cl)C2. The van der Waals surface area contributed by atoms with E-state index in [-0.39, 0.29) is 11.5 Å². The standard InChI is InChI=1S/C23H33ClN4O2/c24-20-14-18(26-10-1-2-11-26)15-25-21(20)27-12-3-8-23(16-27)9-13-28(22(23)30)17-4-6-19(29)7-5-17/h14-15,17,19,29H,1-13,16H2/t17-,19-,23-/m1/s1. The van der Waals surface area contributed by atoms with Crippen molar-refractivity contribution in [3.63, 3.8) is 0 Å². The first kappa shape index (κ1) is 20.4. The molecule has 1 aromatic rings. The van der Waals surface area contributed by atoms with Gasteiger partial charge in [0.2, 0.25) is 5.91 Å². The van der Waals surface area contributed by atoms with Gasteiger partial charge in [-0.25, -0.2) is 4.98 Å². The lowest BCUT2D eigenvalue weighted by Gasteiger charge is -2.41. The van der Waals surface area contributed by atoms with E-state index in [0.717, 1.165) is 82.6 Å². The topological polar surface area (TPSA) is 59.9 Å². The van der Waals surface area contributed by atoms with Crippen molar-refractivity contribution in [2.75, 3.05) is 42.5 Å². The van der Waals surface area contributed by atoms with Crippen LogP contribution in [0.4, 0.5) is 11.5 Å². The van der Waals surface area contributed by atoms with Crippen molar-refractivity contribution in [1.82, 2.24) is 9.88 Å². The van der Waals surface area contributed by atoms with E-state index in [4.69, 9.17) is 16.6 Å². The van der Waals surface area contributed by atoms with E-state index in [1.165, 1.54) is 12.8 Å². The summed E-state index contributed by atoms with van der Waals surface area (Å²) < 4.78 is 0. The van der Waals surface area contributed by atoms with E-state index >= 15 is 0 Å². The molecule has 1 N–H and O–H groups in total. The van der Waals surface area contributed by atoms with Crippen LogP contribution in [0.15, 0.2) is 12.3 Å². The van der Waals surface area contributed by atoms with Gasteiger partial charge in [0, 0.05) is 38.8 Å².